The SMILES string of the molecule is Cc1ccc(NC(=O)[C@H]2CC(=O)N(c3ccccc3F)C2)c(O)c1. The van der Waals surface area contributed by atoms with Gasteiger partial charge in [-0.3, -0.25) is 9.59 Å². The summed E-state index contributed by atoms with van der Waals surface area (Å²) in [7, 11) is 0. The van der Waals surface area contributed by atoms with E-state index in [1.165, 1.54) is 17.0 Å². The van der Waals surface area contributed by atoms with E-state index in [2.05, 4.69) is 5.32 Å². The molecule has 0 aliphatic carbocycles. The molecule has 0 aromatic heterocycles. The molecule has 1 aliphatic rings. The van der Waals surface area contributed by atoms with Gasteiger partial charge in [-0.25, -0.2) is 4.39 Å². The van der Waals surface area contributed by atoms with Crippen LogP contribution in [0.25, 0.3) is 0 Å². The van der Waals surface area contributed by atoms with Crippen LogP contribution in [0.4, 0.5) is 15.8 Å². The first-order chi connectivity index (χ1) is 11.5. The minimum Gasteiger partial charge on any atom is -0.506 e. The third-order valence-corrected chi connectivity index (χ3v) is 4.05. The monoisotopic (exact) mass is 328 g/mol. The highest BCUT2D eigenvalue weighted by atomic mass is 19.1. The highest BCUT2D eigenvalue weighted by Crippen LogP contribution is 2.29. The van der Waals surface area contributed by atoms with Crippen LogP contribution in [0, 0.1) is 18.7 Å². The molecule has 1 heterocycles. The third kappa shape index (κ3) is 3.08. The van der Waals surface area contributed by atoms with Gasteiger partial charge < -0.3 is 15.3 Å². The minimum atomic E-state index is -0.599. The number of hydrogen-bond acceptors (Lipinski definition) is 3. The van der Waals surface area contributed by atoms with Gasteiger partial charge in [0.15, 0.2) is 0 Å². The molecule has 2 aromatic rings. The lowest BCUT2D eigenvalue weighted by Crippen LogP contribution is -2.28. The zero-order chi connectivity index (χ0) is 17.3. The Hall–Kier alpha value is -2.89. The van der Waals surface area contributed by atoms with Gasteiger partial charge in [0.25, 0.3) is 0 Å². The fourth-order valence-corrected chi connectivity index (χ4v) is 2.77. The number of phenolic OH excluding ortho intramolecular Hbond substituents is 1. The largest absolute Gasteiger partial charge is 0.506 e. The zero-order valence-corrected chi connectivity index (χ0v) is 13.1. The van der Waals surface area contributed by atoms with E-state index in [9.17, 15) is 19.1 Å². The van der Waals surface area contributed by atoms with Gasteiger partial charge in [-0.1, -0.05) is 18.2 Å². The van der Waals surface area contributed by atoms with Crippen molar-refractivity contribution in [2.45, 2.75) is 13.3 Å². The van der Waals surface area contributed by atoms with E-state index < -0.39 is 11.7 Å². The number of carbonyl (C=O) groups is 2. The van der Waals surface area contributed by atoms with E-state index in [1.807, 2.05) is 6.92 Å². The molecule has 2 amide bonds. The molecule has 5 nitrogen and oxygen atoms in total. The van der Waals surface area contributed by atoms with E-state index in [1.54, 1.807) is 30.3 Å². The topological polar surface area (TPSA) is 69.6 Å². The number of nitrogens with zero attached hydrogens (tertiary/aromatic N) is 1. The number of phenols is 1. The van der Waals surface area contributed by atoms with Gasteiger partial charge in [-0.15, -0.1) is 0 Å². The minimum absolute atomic E-state index is 0.00674. The fourth-order valence-electron chi connectivity index (χ4n) is 2.77. The summed E-state index contributed by atoms with van der Waals surface area (Å²) in [5, 5.41) is 12.5. The van der Waals surface area contributed by atoms with Crippen LogP contribution in [0.15, 0.2) is 42.5 Å². The first kappa shape index (κ1) is 16.0. The van der Waals surface area contributed by atoms with Gasteiger partial charge in [0, 0.05) is 13.0 Å². The van der Waals surface area contributed by atoms with Crippen molar-refractivity contribution >= 4 is 23.2 Å². The van der Waals surface area contributed by atoms with Gasteiger partial charge in [0.1, 0.15) is 11.6 Å². The summed E-state index contributed by atoms with van der Waals surface area (Å²) in [5.74, 6) is -1.80. The average Bonchev–Trinajstić information content (AvgIpc) is 2.92. The van der Waals surface area contributed by atoms with Crippen LogP contribution in [-0.2, 0) is 9.59 Å². The van der Waals surface area contributed by atoms with Crippen LogP contribution in [0.1, 0.15) is 12.0 Å². The fraction of sp³-hybridized carbons (Fsp3) is 0.222. The number of para-hydroxylation sites is 1. The first-order valence-electron chi connectivity index (χ1n) is 7.61. The van der Waals surface area contributed by atoms with Crippen molar-refractivity contribution in [3.63, 3.8) is 0 Å². The first-order valence-corrected chi connectivity index (χ1v) is 7.61. The van der Waals surface area contributed by atoms with Crippen LogP contribution in [-0.4, -0.2) is 23.5 Å². The maximum absolute atomic E-state index is 13.9. The molecule has 0 spiro atoms. The Balaban J connectivity index is 1.73. The second kappa shape index (κ2) is 6.31. The maximum atomic E-state index is 13.9. The molecular formula is C18H17FN2O3. The van der Waals surface area contributed by atoms with Gasteiger partial charge in [-0.2, -0.15) is 0 Å². The maximum Gasteiger partial charge on any atom is 0.229 e. The zero-order valence-electron chi connectivity index (χ0n) is 13.1. The molecule has 1 fully saturated rings. The molecule has 3 rings (SSSR count). The Labute approximate surface area is 138 Å². The predicted molar refractivity (Wildman–Crippen MR) is 88.3 cm³/mol. The molecule has 2 aromatic carbocycles. The Morgan fingerprint density at radius 3 is 2.75 bits per heavy atom. The van der Waals surface area contributed by atoms with Crippen LogP contribution in [0.5, 0.6) is 5.75 Å². The van der Waals surface area contributed by atoms with Crippen molar-refractivity contribution < 1.29 is 19.1 Å². The molecule has 124 valence electrons. The summed E-state index contributed by atoms with van der Waals surface area (Å²) < 4.78 is 13.9. The van der Waals surface area contributed by atoms with Crippen molar-refractivity contribution in [2.24, 2.45) is 5.92 Å². The molecule has 0 unspecified atom stereocenters. The van der Waals surface area contributed by atoms with E-state index in [0.29, 0.717) is 5.69 Å². The van der Waals surface area contributed by atoms with Crippen LogP contribution < -0.4 is 10.2 Å². The van der Waals surface area contributed by atoms with Crippen molar-refractivity contribution in [1.29, 1.82) is 0 Å². The number of aryl methyl sites for hydroxylation is 1. The van der Waals surface area contributed by atoms with Gasteiger partial charge in [0.05, 0.1) is 17.3 Å². The highest BCUT2D eigenvalue weighted by Gasteiger charge is 2.36. The summed E-state index contributed by atoms with van der Waals surface area (Å²) >= 11 is 0. The number of benzene rings is 2. The van der Waals surface area contributed by atoms with Crippen LogP contribution >= 0.6 is 0 Å². The Kier molecular flexibility index (Phi) is 4.20. The number of carbonyl (C=O) groups excluding carboxylic acids is 2. The number of anilines is 2. The molecule has 0 bridgehead atoms. The quantitative estimate of drug-likeness (QED) is 0.851. The van der Waals surface area contributed by atoms with E-state index >= 15 is 0 Å². The summed E-state index contributed by atoms with van der Waals surface area (Å²) in [6, 6.07) is 10.9. The Morgan fingerprint density at radius 1 is 1.29 bits per heavy atom. The van der Waals surface area contributed by atoms with Crippen LogP contribution in [0.2, 0.25) is 0 Å². The Bertz CT molecular complexity index is 807. The smallest absolute Gasteiger partial charge is 0.229 e. The molecule has 0 saturated carbocycles. The number of rotatable bonds is 3. The van der Waals surface area contributed by atoms with E-state index in [-0.39, 0.29) is 36.2 Å². The molecule has 0 radical (unpaired) electrons. The standard InChI is InChI=1S/C18H17FN2O3/c1-11-6-7-14(16(22)8-11)20-18(24)12-9-17(23)21(10-12)15-5-3-2-4-13(15)19/h2-8,12,22H,9-10H2,1H3,(H,20,24)/t12-/m0/s1. The van der Waals surface area contributed by atoms with Crippen LogP contribution in [0.3, 0.4) is 0 Å². The van der Waals surface area contributed by atoms with Gasteiger partial charge >= 0.3 is 0 Å². The normalized spacial score (nSPS) is 17.2. The summed E-state index contributed by atoms with van der Waals surface area (Å²) in [4.78, 5) is 25.8. The molecule has 2 N–H and O–H groups in total. The predicted octanol–water partition coefficient (Wildman–Crippen LogP) is 2.83. The molecular weight excluding hydrogens is 311 g/mol. The van der Waals surface area contributed by atoms with Crippen molar-refractivity contribution in [3.8, 4) is 5.75 Å². The summed E-state index contributed by atoms with van der Waals surface area (Å²) in [5.41, 5.74) is 1.34. The summed E-state index contributed by atoms with van der Waals surface area (Å²) in [6.45, 7) is 1.94. The summed E-state index contributed by atoms with van der Waals surface area (Å²) in [6.07, 6.45) is 0.00674. The molecule has 1 aliphatic heterocycles. The van der Waals surface area contributed by atoms with Crippen molar-refractivity contribution in [3.05, 3.63) is 53.8 Å². The average molecular weight is 328 g/mol. The number of amides is 2. The Morgan fingerprint density at radius 2 is 2.04 bits per heavy atom. The van der Waals surface area contributed by atoms with Gasteiger partial charge in [-0.05, 0) is 36.8 Å². The van der Waals surface area contributed by atoms with Crippen molar-refractivity contribution in [1.82, 2.24) is 0 Å². The molecule has 24 heavy (non-hydrogen) atoms. The number of nitrogens with one attached hydrogen (secondary N) is 1. The number of hydrogen-bond donors (Lipinski definition) is 2. The third-order valence-electron chi connectivity index (χ3n) is 4.05. The lowest BCUT2D eigenvalue weighted by atomic mass is 10.1. The van der Waals surface area contributed by atoms with E-state index in [0.717, 1.165) is 5.56 Å². The number of aromatic hydroxyl groups is 1. The lowest BCUT2D eigenvalue weighted by Gasteiger charge is -2.17. The van der Waals surface area contributed by atoms with Crippen molar-refractivity contribution in [2.75, 3.05) is 16.8 Å². The second-order valence-electron chi connectivity index (χ2n) is 5.87. The highest BCUT2D eigenvalue weighted by molar-refractivity contribution is 6.03. The molecule has 1 saturated heterocycles. The number of halogens is 1. The molecule has 1 atom stereocenters. The lowest BCUT2D eigenvalue weighted by molar-refractivity contribution is -0.122. The van der Waals surface area contributed by atoms with Gasteiger partial charge in [0.2, 0.25) is 11.8 Å². The second-order valence-corrected chi connectivity index (χ2v) is 5.87. The molecule has 6 heteroatoms. The van der Waals surface area contributed by atoms with E-state index in [4.69, 9.17) is 0 Å².